The van der Waals surface area contributed by atoms with Crippen LogP contribution in [0.15, 0.2) is 40.1 Å². The molecule has 0 fully saturated rings. The lowest BCUT2D eigenvalue weighted by Gasteiger charge is -2.09. The number of pyridine rings is 1. The van der Waals surface area contributed by atoms with Crippen LogP contribution in [0.1, 0.15) is 13.8 Å². The third-order valence-corrected chi connectivity index (χ3v) is 5.25. The van der Waals surface area contributed by atoms with Crippen molar-refractivity contribution in [3.05, 3.63) is 35.8 Å². The third-order valence-electron chi connectivity index (χ3n) is 2.47. The Bertz CT molecular complexity index is 635. The van der Waals surface area contributed by atoms with Crippen LogP contribution in [0.4, 0.5) is 11.5 Å². The molecule has 2 aromatic heterocycles. The highest BCUT2D eigenvalue weighted by Crippen LogP contribution is 2.20. The van der Waals surface area contributed by atoms with Crippen LogP contribution in [0.3, 0.4) is 0 Å². The minimum Gasteiger partial charge on any atom is -0.370 e. The fourth-order valence-corrected chi connectivity index (χ4v) is 3.53. The van der Waals surface area contributed by atoms with E-state index in [1.165, 1.54) is 17.5 Å². The second-order valence-electron chi connectivity index (χ2n) is 4.74. The van der Waals surface area contributed by atoms with Gasteiger partial charge in [-0.2, -0.15) is 0 Å². The van der Waals surface area contributed by atoms with Crippen molar-refractivity contribution >= 4 is 32.9 Å². The number of rotatable bonds is 6. The molecule has 0 aliphatic heterocycles. The van der Waals surface area contributed by atoms with Crippen LogP contribution in [-0.4, -0.2) is 19.9 Å². The Morgan fingerprint density at radius 2 is 2.10 bits per heavy atom. The molecule has 0 bridgehead atoms. The molecule has 20 heavy (non-hydrogen) atoms. The normalized spacial score (nSPS) is 11.6. The predicted molar refractivity (Wildman–Crippen MR) is 82.7 cm³/mol. The maximum absolute atomic E-state index is 12.0. The summed E-state index contributed by atoms with van der Waals surface area (Å²) >= 11 is 1.18. The van der Waals surface area contributed by atoms with Gasteiger partial charge in [0.2, 0.25) is 0 Å². The molecule has 2 rings (SSSR count). The molecule has 0 atom stereocenters. The maximum atomic E-state index is 12.0. The van der Waals surface area contributed by atoms with Gasteiger partial charge in [-0.3, -0.25) is 4.72 Å². The van der Waals surface area contributed by atoms with Crippen molar-refractivity contribution < 1.29 is 8.42 Å². The molecule has 108 valence electrons. The Hall–Kier alpha value is -1.60. The summed E-state index contributed by atoms with van der Waals surface area (Å²) in [5.41, 5.74) is 0.452. The average molecular weight is 311 g/mol. The molecule has 2 aromatic rings. The summed E-state index contributed by atoms with van der Waals surface area (Å²) < 4.78 is 26.8. The zero-order valence-electron chi connectivity index (χ0n) is 11.3. The zero-order chi connectivity index (χ0) is 14.6. The number of aromatic nitrogens is 1. The van der Waals surface area contributed by atoms with Gasteiger partial charge in [0, 0.05) is 6.54 Å². The van der Waals surface area contributed by atoms with Crippen molar-refractivity contribution in [3.63, 3.8) is 0 Å². The number of nitrogens with one attached hydrogen (secondary N) is 2. The van der Waals surface area contributed by atoms with Crippen molar-refractivity contribution in [1.29, 1.82) is 0 Å². The molecule has 0 aliphatic carbocycles. The summed E-state index contributed by atoms with van der Waals surface area (Å²) in [5.74, 6) is 1.26. The van der Waals surface area contributed by atoms with E-state index in [0.29, 0.717) is 15.8 Å². The van der Waals surface area contributed by atoms with E-state index in [1.807, 2.05) is 0 Å². The van der Waals surface area contributed by atoms with Gasteiger partial charge in [0.05, 0.1) is 11.9 Å². The lowest BCUT2D eigenvalue weighted by atomic mass is 10.2. The lowest BCUT2D eigenvalue weighted by molar-refractivity contribution is 0.603. The Kier molecular flexibility index (Phi) is 4.61. The molecule has 0 aliphatic rings. The third kappa shape index (κ3) is 3.94. The Labute approximate surface area is 123 Å². The molecule has 5 nitrogen and oxygen atoms in total. The van der Waals surface area contributed by atoms with E-state index in [-0.39, 0.29) is 0 Å². The Morgan fingerprint density at radius 3 is 2.65 bits per heavy atom. The Balaban J connectivity index is 2.04. The number of anilines is 2. The number of hydrogen-bond donors (Lipinski definition) is 2. The van der Waals surface area contributed by atoms with Gasteiger partial charge in [-0.25, -0.2) is 13.4 Å². The van der Waals surface area contributed by atoms with Crippen LogP contribution in [0.5, 0.6) is 0 Å². The highest BCUT2D eigenvalue weighted by atomic mass is 32.2. The maximum Gasteiger partial charge on any atom is 0.271 e. The van der Waals surface area contributed by atoms with Gasteiger partial charge in [0.15, 0.2) is 0 Å². The molecule has 7 heteroatoms. The fraction of sp³-hybridized carbons (Fsp3) is 0.308. The van der Waals surface area contributed by atoms with Gasteiger partial charge in [-0.1, -0.05) is 19.9 Å². The van der Waals surface area contributed by atoms with Gasteiger partial charge in [0.25, 0.3) is 10.0 Å². The summed E-state index contributed by atoms with van der Waals surface area (Å²) in [6, 6.07) is 6.73. The van der Waals surface area contributed by atoms with Crippen LogP contribution in [-0.2, 0) is 10.0 Å². The van der Waals surface area contributed by atoms with Crippen LogP contribution in [0, 0.1) is 5.92 Å². The molecular formula is C13H17N3O2S2. The van der Waals surface area contributed by atoms with Crippen molar-refractivity contribution in [2.75, 3.05) is 16.6 Å². The molecule has 0 saturated heterocycles. The summed E-state index contributed by atoms with van der Waals surface area (Å²) in [6.07, 6.45) is 1.51. The first-order chi connectivity index (χ1) is 9.47. The summed E-state index contributed by atoms with van der Waals surface area (Å²) in [5, 5.41) is 4.90. The molecule has 0 saturated carbocycles. The number of nitrogens with zero attached hydrogens (tertiary/aromatic N) is 1. The minimum atomic E-state index is -3.50. The van der Waals surface area contributed by atoms with Crippen molar-refractivity contribution in [3.8, 4) is 0 Å². The highest BCUT2D eigenvalue weighted by molar-refractivity contribution is 7.94. The largest absolute Gasteiger partial charge is 0.370 e. The van der Waals surface area contributed by atoms with Crippen LogP contribution in [0.2, 0.25) is 0 Å². The van der Waals surface area contributed by atoms with Gasteiger partial charge in [-0.15, -0.1) is 11.3 Å². The first-order valence-electron chi connectivity index (χ1n) is 6.23. The van der Waals surface area contributed by atoms with Gasteiger partial charge in [0.1, 0.15) is 10.0 Å². The number of thiophene rings is 1. The van der Waals surface area contributed by atoms with E-state index in [9.17, 15) is 8.42 Å². The fourth-order valence-electron chi connectivity index (χ4n) is 1.49. The smallest absolute Gasteiger partial charge is 0.271 e. The Morgan fingerprint density at radius 1 is 1.30 bits per heavy atom. The topological polar surface area (TPSA) is 71.1 Å². The standard InChI is InChI=1S/C13H17N3O2S2/c1-10(2)8-14-12-6-5-11(9-15-12)16-20(17,18)13-4-3-7-19-13/h3-7,9-10,16H,8H2,1-2H3,(H,14,15). The molecule has 2 N–H and O–H groups in total. The molecule has 2 heterocycles. The number of hydrogen-bond acceptors (Lipinski definition) is 5. The highest BCUT2D eigenvalue weighted by Gasteiger charge is 2.15. The van der Waals surface area contributed by atoms with Crippen molar-refractivity contribution in [2.45, 2.75) is 18.1 Å². The average Bonchev–Trinajstić information content (AvgIpc) is 2.92. The minimum absolute atomic E-state index is 0.291. The summed E-state index contributed by atoms with van der Waals surface area (Å²) in [6.45, 7) is 5.04. The molecular weight excluding hydrogens is 294 g/mol. The van der Waals surface area contributed by atoms with E-state index in [0.717, 1.165) is 12.4 Å². The van der Waals surface area contributed by atoms with Gasteiger partial charge in [-0.05, 0) is 29.5 Å². The van der Waals surface area contributed by atoms with E-state index >= 15 is 0 Å². The van der Waals surface area contributed by atoms with Crippen molar-refractivity contribution in [1.82, 2.24) is 4.98 Å². The molecule has 0 unspecified atom stereocenters. The van der Waals surface area contributed by atoms with E-state index < -0.39 is 10.0 Å². The second kappa shape index (κ2) is 6.23. The monoisotopic (exact) mass is 311 g/mol. The van der Waals surface area contributed by atoms with E-state index in [1.54, 1.807) is 29.6 Å². The van der Waals surface area contributed by atoms with E-state index in [2.05, 4.69) is 28.9 Å². The van der Waals surface area contributed by atoms with Gasteiger partial charge < -0.3 is 5.32 Å². The molecule has 0 aromatic carbocycles. The SMILES string of the molecule is CC(C)CNc1ccc(NS(=O)(=O)c2cccs2)cn1. The number of sulfonamides is 1. The summed E-state index contributed by atoms with van der Waals surface area (Å²) in [7, 11) is -3.50. The van der Waals surface area contributed by atoms with Crippen LogP contribution >= 0.6 is 11.3 Å². The zero-order valence-corrected chi connectivity index (χ0v) is 13.0. The second-order valence-corrected chi connectivity index (χ2v) is 7.60. The first-order valence-corrected chi connectivity index (χ1v) is 8.60. The first kappa shape index (κ1) is 14.8. The van der Waals surface area contributed by atoms with Crippen LogP contribution < -0.4 is 10.0 Å². The lowest BCUT2D eigenvalue weighted by Crippen LogP contribution is -2.12. The van der Waals surface area contributed by atoms with Crippen molar-refractivity contribution in [2.24, 2.45) is 5.92 Å². The molecule has 0 amide bonds. The summed E-state index contributed by atoms with van der Waals surface area (Å²) in [4.78, 5) is 4.18. The van der Waals surface area contributed by atoms with E-state index in [4.69, 9.17) is 0 Å². The predicted octanol–water partition coefficient (Wildman–Crippen LogP) is 3.01. The van der Waals surface area contributed by atoms with Gasteiger partial charge >= 0.3 is 0 Å². The quantitative estimate of drug-likeness (QED) is 0.860. The molecule has 0 radical (unpaired) electrons. The molecule has 0 spiro atoms. The van der Waals surface area contributed by atoms with Crippen LogP contribution in [0.25, 0.3) is 0 Å².